The van der Waals surface area contributed by atoms with Crippen molar-refractivity contribution in [3.05, 3.63) is 59.7 Å². The summed E-state index contributed by atoms with van der Waals surface area (Å²) in [5.41, 5.74) is 2.81. The van der Waals surface area contributed by atoms with Gasteiger partial charge in [0.2, 0.25) is 0 Å². The van der Waals surface area contributed by atoms with Crippen LogP contribution in [0.1, 0.15) is 21.7 Å². The molecule has 2 unspecified atom stereocenters. The highest BCUT2D eigenvalue weighted by Crippen LogP contribution is 2.21. The minimum Gasteiger partial charge on any atom is -0.478 e. The van der Waals surface area contributed by atoms with Crippen molar-refractivity contribution < 1.29 is 19.0 Å². The standard InChI is InChI=1S/C19H19FN4O3/c20-14-9-24(8-12-1-3-13(4-2-12)19(25)26)10-17(14)27-11-18-22-15-5-6-21-7-16(15)23-18/h1-7,14,17H,8-11H2,(H,22,23)(H,25,26). The molecule has 4 rings (SSSR count). The number of alkyl halides is 1. The maximum absolute atomic E-state index is 14.3. The molecule has 140 valence electrons. The van der Waals surface area contributed by atoms with Gasteiger partial charge in [0.15, 0.2) is 0 Å². The maximum Gasteiger partial charge on any atom is 0.335 e. The molecule has 7 nitrogen and oxygen atoms in total. The number of aromatic amines is 1. The highest BCUT2D eigenvalue weighted by molar-refractivity contribution is 5.87. The molecule has 2 aromatic heterocycles. The molecular formula is C19H19FN4O3. The normalized spacial score (nSPS) is 20.3. The first-order valence-electron chi connectivity index (χ1n) is 8.67. The van der Waals surface area contributed by atoms with Gasteiger partial charge in [-0.3, -0.25) is 9.88 Å². The number of benzene rings is 1. The number of nitrogens with zero attached hydrogens (tertiary/aromatic N) is 3. The van der Waals surface area contributed by atoms with E-state index in [2.05, 4.69) is 15.0 Å². The number of aromatic nitrogens is 3. The van der Waals surface area contributed by atoms with E-state index in [4.69, 9.17) is 9.84 Å². The maximum atomic E-state index is 14.3. The van der Waals surface area contributed by atoms with E-state index < -0.39 is 18.2 Å². The van der Waals surface area contributed by atoms with Crippen molar-refractivity contribution in [2.75, 3.05) is 13.1 Å². The first-order chi connectivity index (χ1) is 13.1. The fourth-order valence-corrected chi connectivity index (χ4v) is 3.27. The summed E-state index contributed by atoms with van der Waals surface area (Å²) in [6, 6.07) is 8.44. The molecule has 0 aliphatic carbocycles. The van der Waals surface area contributed by atoms with Gasteiger partial charge in [-0.05, 0) is 23.8 Å². The van der Waals surface area contributed by atoms with E-state index in [9.17, 15) is 9.18 Å². The van der Waals surface area contributed by atoms with Gasteiger partial charge in [0, 0.05) is 25.8 Å². The summed E-state index contributed by atoms with van der Waals surface area (Å²) < 4.78 is 20.1. The largest absolute Gasteiger partial charge is 0.478 e. The number of carboxylic acids is 1. The summed E-state index contributed by atoms with van der Waals surface area (Å²) in [6.07, 6.45) is 1.77. The lowest BCUT2D eigenvalue weighted by Crippen LogP contribution is -2.24. The van der Waals surface area contributed by atoms with E-state index in [-0.39, 0.29) is 18.7 Å². The van der Waals surface area contributed by atoms with Gasteiger partial charge in [-0.2, -0.15) is 0 Å². The lowest BCUT2D eigenvalue weighted by atomic mass is 10.1. The number of ether oxygens (including phenoxy) is 1. The van der Waals surface area contributed by atoms with Crippen LogP contribution in [0.15, 0.2) is 42.7 Å². The molecule has 0 bridgehead atoms. The molecule has 3 heterocycles. The fraction of sp³-hybridized carbons (Fsp3) is 0.316. The third-order valence-corrected chi connectivity index (χ3v) is 4.65. The summed E-state index contributed by atoms with van der Waals surface area (Å²) in [4.78, 5) is 24.4. The first kappa shape index (κ1) is 17.6. The second-order valence-corrected chi connectivity index (χ2v) is 6.64. The number of halogens is 1. The molecule has 2 N–H and O–H groups in total. The Labute approximate surface area is 154 Å². The van der Waals surface area contributed by atoms with Crippen molar-refractivity contribution in [2.45, 2.75) is 25.4 Å². The zero-order valence-electron chi connectivity index (χ0n) is 14.5. The van der Waals surface area contributed by atoms with Crippen LogP contribution < -0.4 is 0 Å². The van der Waals surface area contributed by atoms with Crippen molar-refractivity contribution in [1.29, 1.82) is 0 Å². The summed E-state index contributed by atoms with van der Waals surface area (Å²) in [5.74, 6) is -0.311. The van der Waals surface area contributed by atoms with Crippen LogP contribution in [0, 0.1) is 0 Å². The van der Waals surface area contributed by atoms with E-state index >= 15 is 0 Å². The monoisotopic (exact) mass is 370 g/mol. The average molecular weight is 370 g/mol. The number of imidazole rings is 1. The molecule has 1 aliphatic heterocycles. The Bertz CT molecular complexity index is 911. The van der Waals surface area contributed by atoms with Crippen LogP contribution in [-0.4, -0.2) is 56.3 Å². The van der Waals surface area contributed by atoms with Crippen molar-refractivity contribution in [3.63, 3.8) is 0 Å². The molecule has 0 spiro atoms. The number of pyridine rings is 1. The third kappa shape index (κ3) is 3.96. The number of carboxylic acid groups (broad SMARTS) is 1. The zero-order valence-corrected chi connectivity index (χ0v) is 14.5. The minimum absolute atomic E-state index is 0.209. The molecule has 1 aromatic carbocycles. The van der Waals surface area contributed by atoms with Crippen LogP contribution in [0.2, 0.25) is 0 Å². The van der Waals surface area contributed by atoms with E-state index in [1.807, 2.05) is 4.90 Å². The second kappa shape index (κ2) is 7.42. The number of likely N-dealkylation sites (tertiary alicyclic amines) is 1. The molecule has 0 radical (unpaired) electrons. The van der Waals surface area contributed by atoms with Gasteiger partial charge in [-0.15, -0.1) is 0 Å². The summed E-state index contributed by atoms with van der Waals surface area (Å²) >= 11 is 0. The molecule has 27 heavy (non-hydrogen) atoms. The first-order valence-corrected chi connectivity index (χ1v) is 8.67. The quantitative estimate of drug-likeness (QED) is 0.692. The van der Waals surface area contributed by atoms with Crippen LogP contribution >= 0.6 is 0 Å². The van der Waals surface area contributed by atoms with E-state index in [1.54, 1.807) is 42.7 Å². The van der Waals surface area contributed by atoms with E-state index in [1.165, 1.54) is 0 Å². The molecule has 0 saturated carbocycles. The van der Waals surface area contributed by atoms with Gasteiger partial charge in [0.1, 0.15) is 24.7 Å². The number of rotatable bonds is 6. The van der Waals surface area contributed by atoms with E-state index in [0.717, 1.165) is 16.6 Å². The smallest absolute Gasteiger partial charge is 0.335 e. The topological polar surface area (TPSA) is 91.3 Å². The number of carbonyl (C=O) groups is 1. The second-order valence-electron chi connectivity index (χ2n) is 6.64. The van der Waals surface area contributed by atoms with Crippen molar-refractivity contribution in [1.82, 2.24) is 19.9 Å². The summed E-state index contributed by atoms with van der Waals surface area (Å²) in [7, 11) is 0. The van der Waals surface area contributed by atoms with Gasteiger partial charge in [-0.25, -0.2) is 14.2 Å². The number of hydrogen-bond acceptors (Lipinski definition) is 5. The van der Waals surface area contributed by atoms with Crippen LogP contribution in [0.3, 0.4) is 0 Å². The molecular weight excluding hydrogens is 351 g/mol. The lowest BCUT2D eigenvalue weighted by molar-refractivity contribution is 0.00864. The highest BCUT2D eigenvalue weighted by atomic mass is 19.1. The Hall–Kier alpha value is -2.84. The Morgan fingerprint density at radius 1 is 1.30 bits per heavy atom. The highest BCUT2D eigenvalue weighted by Gasteiger charge is 2.33. The van der Waals surface area contributed by atoms with Crippen molar-refractivity contribution >= 4 is 17.0 Å². The molecule has 1 saturated heterocycles. The van der Waals surface area contributed by atoms with Crippen LogP contribution in [-0.2, 0) is 17.9 Å². The fourth-order valence-electron chi connectivity index (χ4n) is 3.27. The summed E-state index contributed by atoms with van der Waals surface area (Å²) in [6.45, 7) is 1.52. The predicted molar refractivity (Wildman–Crippen MR) is 96.0 cm³/mol. The SMILES string of the molecule is O=C(O)c1ccc(CN2CC(F)C(OCc3nc4ccncc4[nH]3)C2)cc1. The van der Waals surface area contributed by atoms with Gasteiger partial charge in [0.25, 0.3) is 0 Å². The Morgan fingerprint density at radius 3 is 2.85 bits per heavy atom. The minimum atomic E-state index is -1.07. The van der Waals surface area contributed by atoms with Crippen LogP contribution in [0.5, 0.6) is 0 Å². The molecule has 0 amide bonds. The summed E-state index contributed by atoms with van der Waals surface area (Å²) in [5, 5.41) is 8.94. The number of aromatic carboxylic acids is 1. The number of fused-ring (bicyclic) bond motifs is 1. The van der Waals surface area contributed by atoms with Gasteiger partial charge >= 0.3 is 5.97 Å². The zero-order chi connectivity index (χ0) is 18.8. The van der Waals surface area contributed by atoms with Gasteiger partial charge in [0.05, 0.1) is 22.8 Å². The van der Waals surface area contributed by atoms with Crippen molar-refractivity contribution in [3.8, 4) is 0 Å². The van der Waals surface area contributed by atoms with E-state index in [0.29, 0.717) is 18.9 Å². The number of hydrogen-bond donors (Lipinski definition) is 2. The lowest BCUT2D eigenvalue weighted by Gasteiger charge is -2.15. The van der Waals surface area contributed by atoms with Gasteiger partial charge < -0.3 is 14.8 Å². The number of H-pyrrole nitrogens is 1. The molecule has 3 aromatic rings. The Kier molecular flexibility index (Phi) is 4.83. The molecule has 1 fully saturated rings. The predicted octanol–water partition coefficient (Wildman–Crippen LogP) is 2.40. The molecule has 1 aliphatic rings. The third-order valence-electron chi connectivity index (χ3n) is 4.65. The Morgan fingerprint density at radius 2 is 2.11 bits per heavy atom. The average Bonchev–Trinajstić information content (AvgIpc) is 3.23. The van der Waals surface area contributed by atoms with Crippen LogP contribution in [0.4, 0.5) is 4.39 Å². The van der Waals surface area contributed by atoms with Crippen LogP contribution in [0.25, 0.3) is 11.0 Å². The molecule has 8 heteroatoms. The van der Waals surface area contributed by atoms with Crippen molar-refractivity contribution in [2.24, 2.45) is 0 Å². The molecule has 2 atom stereocenters. The Balaban J connectivity index is 1.33. The van der Waals surface area contributed by atoms with Gasteiger partial charge in [-0.1, -0.05) is 12.1 Å². The number of nitrogens with one attached hydrogen (secondary N) is 1.